The molecule has 1 aromatic heterocycles. The van der Waals surface area contributed by atoms with Gasteiger partial charge in [-0.3, -0.25) is 9.69 Å². The van der Waals surface area contributed by atoms with Gasteiger partial charge >= 0.3 is 0 Å². The molecule has 0 aliphatic carbocycles. The zero-order valence-corrected chi connectivity index (χ0v) is 13.5. The van der Waals surface area contributed by atoms with Crippen LogP contribution in [0.3, 0.4) is 0 Å². The highest BCUT2D eigenvalue weighted by Crippen LogP contribution is 2.15. The average Bonchev–Trinajstić information content (AvgIpc) is 3.10. The normalized spacial score (nSPS) is 16.9. The van der Waals surface area contributed by atoms with Gasteiger partial charge in [-0.25, -0.2) is 0 Å². The lowest BCUT2D eigenvalue weighted by Crippen LogP contribution is -2.43. The lowest BCUT2D eigenvalue weighted by Gasteiger charge is -2.32. The zero-order valence-electron chi connectivity index (χ0n) is 13.5. The smallest absolute Gasteiger partial charge is 0.201 e. The van der Waals surface area contributed by atoms with Crippen LogP contribution in [-0.4, -0.2) is 53.8 Å². The van der Waals surface area contributed by atoms with E-state index in [9.17, 15) is 4.79 Å². The summed E-state index contributed by atoms with van der Waals surface area (Å²) in [7, 11) is 2.17. The summed E-state index contributed by atoms with van der Waals surface area (Å²) in [6.07, 6.45) is 5.34. The number of benzene rings is 1. The molecule has 0 spiro atoms. The van der Waals surface area contributed by atoms with Crippen LogP contribution in [0.1, 0.15) is 21.6 Å². The summed E-state index contributed by atoms with van der Waals surface area (Å²) in [4.78, 5) is 19.9. The summed E-state index contributed by atoms with van der Waals surface area (Å²) in [5.74, 6) is 0.00407. The molecule has 1 N–H and O–H groups in total. The molecular weight excluding hydrogens is 286 g/mol. The molecule has 0 atom stereocenters. The number of hydrogen-bond acceptors (Lipinski definition) is 3. The number of hydrogen-bond donors (Lipinski definition) is 1. The van der Waals surface area contributed by atoms with Crippen LogP contribution in [0.25, 0.3) is 6.08 Å². The first-order valence-corrected chi connectivity index (χ1v) is 8.07. The molecule has 0 saturated carbocycles. The first-order chi connectivity index (χ1) is 11.2. The maximum absolute atomic E-state index is 12.1. The van der Waals surface area contributed by atoms with E-state index < -0.39 is 0 Å². The van der Waals surface area contributed by atoms with Crippen molar-refractivity contribution < 1.29 is 4.79 Å². The van der Waals surface area contributed by atoms with Crippen molar-refractivity contribution in [2.75, 3.05) is 33.2 Å². The molecule has 1 aromatic carbocycles. The molecular formula is C19H23N3O. The van der Waals surface area contributed by atoms with Gasteiger partial charge in [0, 0.05) is 38.9 Å². The number of carbonyl (C=O) groups is 1. The summed E-state index contributed by atoms with van der Waals surface area (Å²) in [6.45, 7) is 5.35. The predicted molar refractivity (Wildman–Crippen MR) is 93.4 cm³/mol. The molecule has 1 fully saturated rings. The minimum absolute atomic E-state index is 0.00407. The Kier molecular flexibility index (Phi) is 5.05. The van der Waals surface area contributed by atoms with Crippen molar-refractivity contribution in [3.05, 3.63) is 65.5 Å². The minimum Gasteiger partial charge on any atom is -0.359 e. The topological polar surface area (TPSA) is 39.3 Å². The molecule has 2 aromatic rings. The van der Waals surface area contributed by atoms with Crippen molar-refractivity contribution in [2.24, 2.45) is 0 Å². The fraction of sp³-hybridized carbons (Fsp3) is 0.316. The number of ketones is 1. The fourth-order valence-corrected chi connectivity index (χ4v) is 2.83. The van der Waals surface area contributed by atoms with Gasteiger partial charge in [0.2, 0.25) is 5.78 Å². The number of carbonyl (C=O) groups excluding carboxylic acids is 1. The van der Waals surface area contributed by atoms with Gasteiger partial charge in [-0.05, 0) is 36.4 Å². The van der Waals surface area contributed by atoms with Gasteiger partial charge in [0.15, 0.2) is 0 Å². The third-order valence-corrected chi connectivity index (χ3v) is 4.32. The van der Waals surface area contributed by atoms with E-state index in [1.54, 1.807) is 18.3 Å². The van der Waals surface area contributed by atoms with E-state index >= 15 is 0 Å². The van der Waals surface area contributed by atoms with Crippen molar-refractivity contribution in [1.82, 2.24) is 14.8 Å². The van der Waals surface area contributed by atoms with Crippen LogP contribution in [0.2, 0.25) is 0 Å². The van der Waals surface area contributed by atoms with Gasteiger partial charge in [0.25, 0.3) is 0 Å². The van der Waals surface area contributed by atoms with Crippen LogP contribution >= 0.6 is 0 Å². The first kappa shape index (κ1) is 15.7. The second-order valence-electron chi connectivity index (χ2n) is 6.06. The Bertz CT molecular complexity index is 668. The van der Waals surface area contributed by atoms with Crippen LogP contribution in [-0.2, 0) is 6.54 Å². The number of aromatic nitrogens is 1. The third kappa shape index (κ3) is 4.18. The van der Waals surface area contributed by atoms with Gasteiger partial charge < -0.3 is 9.88 Å². The van der Waals surface area contributed by atoms with Gasteiger partial charge in [-0.15, -0.1) is 0 Å². The van der Waals surface area contributed by atoms with Gasteiger partial charge in [0.1, 0.15) is 0 Å². The van der Waals surface area contributed by atoms with E-state index in [2.05, 4.69) is 40.0 Å². The molecule has 4 heteroatoms. The molecule has 120 valence electrons. The Balaban J connectivity index is 1.69. The van der Waals surface area contributed by atoms with E-state index in [-0.39, 0.29) is 5.78 Å². The van der Waals surface area contributed by atoms with E-state index in [1.165, 1.54) is 5.56 Å². The first-order valence-electron chi connectivity index (χ1n) is 8.07. The maximum atomic E-state index is 12.1. The lowest BCUT2D eigenvalue weighted by atomic mass is 10.1. The van der Waals surface area contributed by atoms with Crippen LogP contribution in [0, 0.1) is 0 Å². The molecule has 3 rings (SSSR count). The number of nitrogens with zero attached hydrogens (tertiary/aromatic N) is 2. The molecule has 1 saturated heterocycles. The minimum atomic E-state index is 0.00407. The Morgan fingerprint density at radius 1 is 1.13 bits per heavy atom. The predicted octanol–water partition coefficient (Wildman–Crippen LogP) is 2.66. The summed E-state index contributed by atoms with van der Waals surface area (Å²) >= 11 is 0. The summed E-state index contributed by atoms with van der Waals surface area (Å²) in [5.41, 5.74) is 3.01. The van der Waals surface area contributed by atoms with Crippen molar-refractivity contribution in [3.63, 3.8) is 0 Å². The van der Waals surface area contributed by atoms with Crippen molar-refractivity contribution in [1.29, 1.82) is 0 Å². The molecule has 23 heavy (non-hydrogen) atoms. The van der Waals surface area contributed by atoms with Gasteiger partial charge in [-0.2, -0.15) is 0 Å². The lowest BCUT2D eigenvalue weighted by molar-refractivity contribution is 0.104. The van der Waals surface area contributed by atoms with Crippen LogP contribution in [0.5, 0.6) is 0 Å². The average molecular weight is 309 g/mol. The monoisotopic (exact) mass is 309 g/mol. The van der Waals surface area contributed by atoms with Gasteiger partial charge in [-0.1, -0.05) is 30.3 Å². The number of allylic oxidation sites excluding steroid dienone is 1. The summed E-state index contributed by atoms with van der Waals surface area (Å²) in [5, 5.41) is 0. The van der Waals surface area contributed by atoms with E-state index in [1.807, 2.05) is 18.2 Å². The van der Waals surface area contributed by atoms with Gasteiger partial charge in [0.05, 0.1) is 5.69 Å². The fourth-order valence-electron chi connectivity index (χ4n) is 2.83. The SMILES string of the molecule is CN1CCN(Cc2ccccc2C=CC(=O)c2ccc[nH]2)CC1. The standard InChI is InChI=1S/C19H23N3O/c1-21-11-13-22(14-12-21)15-17-6-3-2-5-16(17)8-9-19(23)18-7-4-10-20-18/h2-10,20H,11-15H2,1H3. The third-order valence-electron chi connectivity index (χ3n) is 4.32. The highest BCUT2D eigenvalue weighted by molar-refractivity contribution is 6.05. The number of rotatable bonds is 5. The molecule has 0 unspecified atom stereocenters. The van der Waals surface area contributed by atoms with Crippen LogP contribution in [0.15, 0.2) is 48.7 Å². The summed E-state index contributed by atoms with van der Waals surface area (Å²) in [6, 6.07) is 11.9. The number of aromatic amines is 1. The molecule has 1 aliphatic heterocycles. The van der Waals surface area contributed by atoms with Crippen LogP contribution < -0.4 is 0 Å². The van der Waals surface area contributed by atoms with E-state index in [0.717, 1.165) is 38.3 Å². The maximum Gasteiger partial charge on any atom is 0.201 e. The van der Waals surface area contributed by atoms with Crippen molar-refractivity contribution >= 4 is 11.9 Å². The molecule has 0 amide bonds. The molecule has 0 bridgehead atoms. The van der Waals surface area contributed by atoms with E-state index in [0.29, 0.717) is 5.69 Å². The highest BCUT2D eigenvalue weighted by atomic mass is 16.1. The summed E-state index contributed by atoms with van der Waals surface area (Å²) < 4.78 is 0. The Morgan fingerprint density at radius 2 is 1.91 bits per heavy atom. The number of nitrogens with one attached hydrogen (secondary N) is 1. The molecule has 2 heterocycles. The van der Waals surface area contributed by atoms with Crippen molar-refractivity contribution in [2.45, 2.75) is 6.54 Å². The Hall–Kier alpha value is -2.17. The van der Waals surface area contributed by atoms with Crippen LogP contribution in [0.4, 0.5) is 0 Å². The second-order valence-corrected chi connectivity index (χ2v) is 6.06. The molecule has 0 radical (unpaired) electrons. The number of piperazine rings is 1. The quantitative estimate of drug-likeness (QED) is 0.682. The molecule has 4 nitrogen and oxygen atoms in total. The van der Waals surface area contributed by atoms with E-state index in [4.69, 9.17) is 0 Å². The molecule has 1 aliphatic rings. The largest absolute Gasteiger partial charge is 0.359 e. The number of H-pyrrole nitrogens is 1. The van der Waals surface area contributed by atoms with Crippen molar-refractivity contribution in [3.8, 4) is 0 Å². The Morgan fingerprint density at radius 3 is 2.65 bits per heavy atom. The second kappa shape index (κ2) is 7.40. The zero-order chi connectivity index (χ0) is 16.1. The number of likely N-dealkylation sites (N-methyl/N-ethyl adjacent to an activating group) is 1. The Labute approximate surface area is 137 Å². The highest BCUT2D eigenvalue weighted by Gasteiger charge is 2.14.